The Bertz CT molecular complexity index is 2790. The van der Waals surface area contributed by atoms with Crippen LogP contribution in [0.3, 0.4) is 0 Å². The summed E-state index contributed by atoms with van der Waals surface area (Å²) < 4.78 is 0. The van der Waals surface area contributed by atoms with Crippen LogP contribution in [0.25, 0.3) is 10.9 Å². The number of carbonyl (C=O) groups is 10. The molecule has 0 radical (unpaired) electrons. The largest absolute Gasteiger partial charge is 0.508 e. The number of benzene rings is 3. The number of carbonyl (C=O) groups excluding carboxylic acids is 10. The summed E-state index contributed by atoms with van der Waals surface area (Å²) in [6.07, 6.45) is 1.01. The lowest BCUT2D eigenvalue weighted by Gasteiger charge is -2.29. The SMILES string of the molecule is CC(=O)N[C@H](Cc1ccccc1)C(=O)N[C@@H](CCCCN)C(=O)N[C@@H](Cc1ccc(O)cc1)C(=O)N[C@H](Cc1c[nH]c2ccccc12)C(=O)N[C@H]1CCCCNC(=O)C[C@@H](C(=O)N[C@H](C(N)=O)[C@@H](C)O)NC(=O)[C@H](C(C)C)NC1=O. The highest BCUT2D eigenvalue weighted by molar-refractivity contribution is 5.99. The van der Waals surface area contributed by atoms with Gasteiger partial charge in [0, 0.05) is 49.8 Å². The number of phenols is 1. The number of hydrogen-bond donors (Lipinski definition) is 14. The Morgan fingerprint density at radius 3 is 1.91 bits per heavy atom. The molecule has 1 aliphatic heterocycles. The molecule has 24 nitrogen and oxygen atoms in total. The topological polar surface area (TPSA) is 387 Å². The number of aromatic amines is 1. The van der Waals surface area contributed by atoms with Gasteiger partial charge in [-0.25, -0.2) is 0 Å². The zero-order chi connectivity index (χ0) is 58.5. The van der Waals surface area contributed by atoms with Gasteiger partial charge in [0.25, 0.3) is 0 Å². The molecule has 10 amide bonds. The van der Waals surface area contributed by atoms with E-state index >= 15 is 0 Å². The van der Waals surface area contributed by atoms with Crippen LogP contribution >= 0.6 is 0 Å². The van der Waals surface area contributed by atoms with Crippen LogP contribution in [0.4, 0.5) is 0 Å². The van der Waals surface area contributed by atoms with Crippen molar-refractivity contribution in [2.75, 3.05) is 13.1 Å². The van der Waals surface area contributed by atoms with E-state index < -0.39 is 126 Å². The number of nitrogens with two attached hydrogens (primary N) is 2. The molecule has 0 aliphatic carbocycles. The minimum Gasteiger partial charge on any atom is -0.508 e. The van der Waals surface area contributed by atoms with Crippen molar-refractivity contribution in [3.63, 3.8) is 0 Å². The molecule has 0 saturated carbocycles. The van der Waals surface area contributed by atoms with Crippen molar-refractivity contribution >= 4 is 70.0 Å². The molecular formula is C56H76N12O12. The number of aromatic nitrogens is 1. The highest BCUT2D eigenvalue weighted by Crippen LogP contribution is 2.21. The first-order valence-electron chi connectivity index (χ1n) is 26.8. The summed E-state index contributed by atoms with van der Waals surface area (Å²) in [5.41, 5.74) is 13.8. The molecule has 0 unspecified atom stereocenters. The molecule has 3 aromatic carbocycles. The fraction of sp³-hybridized carbons (Fsp3) is 0.464. The molecule has 2 heterocycles. The van der Waals surface area contributed by atoms with Crippen molar-refractivity contribution in [3.8, 4) is 5.75 Å². The maximum Gasteiger partial charge on any atom is 0.243 e. The Morgan fingerprint density at radius 2 is 1.29 bits per heavy atom. The van der Waals surface area contributed by atoms with Crippen LogP contribution in [0.2, 0.25) is 0 Å². The van der Waals surface area contributed by atoms with Gasteiger partial charge in [-0.15, -0.1) is 0 Å². The minimum absolute atomic E-state index is 0.00253. The Labute approximate surface area is 463 Å². The maximum atomic E-state index is 14.9. The third kappa shape index (κ3) is 19.2. The second kappa shape index (κ2) is 30.7. The molecular weight excluding hydrogens is 1030 g/mol. The number of aromatic hydroxyl groups is 1. The Hall–Kier alpha value is -8.38. The quantitative estimate of drug-likeness (QED) is 0.0381. The predicted octanol–water partition coefficient (Wildman–Crippen LogP) is -0.859. The van der Waals surface area contributed by atoms with Crippen molar-refractivity contribution in [1.82, 2.24) is 52.8 Å². The molecule has 0 bridgehead atoms. The number of aliphatic hydroxyl groups excluding tert-OH is 1. The van der Waals surface area contributed by atoms with E-state index in [4.69, 9.17) is 11.5 Å². The zero-order valence-electron chi connectivity index (χ0n) is 45.5. The van der Waals surface area contributed by atoms with Crippen LogP contribution in [0.1, 0.15) is 89.3 Å². The summed E-state index contributed by atoms with van der Waals surface area (Å²) in [5, 5.41) is 44.9. The third-order valence-electron chi connectivity index (χ3n) is 13.5. The fourth-order valence-electron chi connectivity index (χ4n) is 9.13. The number of phenolic OH excluding ortho intramolecular Hbond substituents is 1. The number of para-hydroxylation sites is 1. The number of hydrogen-bond acceptors (Lipinski definition) is 13. The summed E-state index contributed by atoms with van der Waals surface area (Å²) in [5.74, 6) is -8.63. The van der Waals surface area contributed by atoms with Gasteiger partial charge >= 0.3 is 0 Å². The molecule has 5 rings (SSSR count). The molecule has 9 atom stereocenters. The molecule has 0 spiro atoms. The van der Waals surface area contributed by atoms with Crippen molar-refractivity contribution in [1.29, 1.82) is 0 Å². The predicted molar refractivity (Wildman–Crippen MR) is 295 cm³/mol. The van der Waals surface area contributed by atoms with E-state index in [1.165, 1.54) is 26.0 Å². The van der Waals surface area contributed by atoms with Crippen molar-refractivity contribution in [2.24, 2.45) is 17.4 Å². The minimum atomic E-state index is -1.58. The molecule has 16 N–H and O–H groups in total. The van der Waals surface area contributed by atoms with Crippen LogP contribution in [0.5, 0.6) is 5.75 Å². The number of primary amides is 1. The lowest BCUT2D eigenvalue weighted by molar-refractivity contribution is -0.137. The van der Waals surface area contributed by atoms with Gasteiger partial charge in [0.2, 0.25) is 59.1 Å². The standard InChI is InChI=1S/C56H76N12O12/c1-31(2)47-56(80)66-45(55(79)68-48(32(3)69)49(58)73)29-46(72)59-25-13-11-19-41(51(75)67-47)63-54(78)44(28-36-30-60-39-17-9-8-16-38(36)39)65-53(77)43(27-35-20-22-37(71)23-21-35)64-50(74)40(18-10-12-24-57)62-52(76)42(61-33(4)70)26-34-14-6-5-7-15-34/h5-9,14-17,20-23,30-32,40-45,47-48,60,69,71H,10-13,18-19,24-29,57H2,1-4H3,(H2,58,73)(H,59,72)(H,61,70)(H,62,76)(H,63,78)(H,64,74)(H,65,77)(H,66,80)(H,67,75)(H,68,79)/t32-,40+,41+,42-,43+,44-,45+,47+,48+/m1/s1. The zero-order valence-corrected chi connectivity index (χ0v) is 45.5. The highest BCUT2D eigenvalue weighted by Gasteiger charge is 2.37. The number of nitrogens with one attached hydrogen (secondary N) is 10. The number of unbranched alkanes of at least 4 members (excludes halogenated alkanes) is 1. The van der Waals surface area contributed by atoms with Gasteiger partial charge in [0.15, 0.2) is 0 Å². The first-order chi connectivity index (χ1) is 38.1. The van der Waals surface area contributed by atoms with Crippen LogP contribution in [0.15, 0.2) is 85.1 Å². The van der Waals surface area contributed by atoms with Crippen LogP contribution in [-0.2, 0) is 67.2 Å². The summed E-state index contributed by atoms with van der Waals surface area (Å²) >= 11 is 0. The molecule has 1 saturated heterocycles. The first kappa shape index (κ1) is 62.5. The number of fused-ring (bicyclic) bond motifs is 1. The van der Waals surface area contributed by atoms with Crippen molar-refractivity contribution in [3.05, 3.63) is 102 Å². The number of amides is 10. The number of rotatable bonds is 24. The first-order valence-corrected chi connectivity index (χ1v) is 26.8. The third-order valence-corrected chi connectivity index (χ3v) is 13.5. The second-order valence-corrected chi connectivity index (χ2v) is 20.4. The molecule has 1 aliphatic rings. The average Bonchev–Trinajstić information content (AvgIpc) is 3.87. The molecule has 24 heteroatoms. The van der Waals surface area contributed by atoms with Gasteiger partial charge in [0.1, 0.15) is 54.1 Å². The fourth-order valence-corrected chi connectivity index (χ4v) is 9.13. The van der Waals surface area contributed by atoms with E-state index in [-0.39, 0.29) is 57.2 Å². The van der Waals surface area contributed by atoms with E-state index in [9.17, 15) is 58.2 Å². The van der Waals surface area contributed by atoms with Gasteiger partial charge in [0.05, 0.1) is 12.5 Å². The van der Waals surface area contributed by atoms with Crippen molar-refractivity contribution < 1.29 is 58.2 Å². The lowest BCUT2D eigenvalue weighted by Crippen LogP contribution is -2.62. The monoisotopic (exact) mass is 1110 g/mol. The Balaban J connectivity index is 1.46. The van der Waals surface area contributed by atoms with E-state index in [1.54, 1.807) is 62.5 Å². The highest BCUT2D eigenvalue weighted by atomic mass is 16.3. The second-order valence-electron chi connectivity index (χ2n) is 20.4. The maximum absolute atomic E-state index is 14.9. The van der Waals surface area contributed by atoms with E-state index in [0.717, 1.165) is 16.5 Å². The molecule has 4 aromatic rings. The van der Waals surface area contributed by atoms with E-state index in [1.807, 2.05) is 24.3 Å². The number of H-pyrrole nitrogens is 1. The summed E-state index contributed by atoms with van der Waals surface area (Å²) in [6.45, 7) is 6.07. The smallest absolute Gasteiger partial charge is 0.243 e. The molecule has 80 heavy (non-hydrogen) atoms. The summed E-state index contributed by atoms with van der Waals surface area (Å²) in [4.78, 5) is 141. The lowest BCUT2D eigenvalue weighted by atomic mass is 9.99. The van der Waals surface area contributed by atoms with Gasteiger partial charge in [-0.3, -0.25) is 47.9 Å². The van der Waals surface area contributed by atoms with Gasteiger partial charge in [-0.05, 0) is 92.8 Å². The van der Waals surface area contributed by atoms with Gasteiger partial charge in [-0.1, -0.05) is 74.5 Å². The van der Waals surface area contributed by atoms with Gasteiger partial charge in [-0.2, -0.15) is 0 Å². The van der Waals surface area contributed by atoms with E-state index in [0.29, 0.717) is 30.5 Å². The van der Waals surface area contributed by atoms with E-state index in [2.05, 4.69) is 52.8 Å². The Morgan fingerprint density at radius 1 is 0.688 bits per heavy atom. The van der Waals surface area contributed by atoms with Crippen LogP contribution in [-0.4, -0.2) is 142 Å². The Kier molecular flexibility index (Phi) is 24.0. The van der Waals surface area contributed by atoms with Crippen molar-refractivity contribution in [2.45, 2.75) is 146 Å². The van der Waals surface area contributed by atoms with Crippen LogP contribution in [0, 0.1) is 5.92 Å². The average molecular weight is 1110 g/mol. The summed E-state index contributed by atoms with van der Waals surface area (Å²) in [6, 6.07) is 11.1. The normalized spacial score (nSPS) is 18.5. The molecule has 1 aromatic heterocycles. The molecule has 432 valence electrons. The van der Waals surface area contributed by atoms with Gasteiger partial charge < -0.3 is 74.5 Å². The number of aliphatic hydroxyl groups is 1. The molecule has 1 fully saturated rings. The van der Waals surface area contributed by atoms with Crippen LogP contribution < -0.4 is 59.3 Å². The summed E-state index contributed by atoms with van der Waals surface area (Å²) in [7, 11) is 0.